The first kappa shape index (κ1) is 13.7. The lowest BCUT2D eigenvalue weighted by molar-refractivity contribution is -0.0590. The van der Waals surface area contributed by atoms with Crippen molar-refractivity contribution in [2.75, 3.05) is 0 Å². The molecule has 1 aliphatic carbocycles. The highest BCUT2D eigenvalue weighted by atomic mass is 35.5. The Bertz CT molecular complexity index is 396. The minimum atomic E-state index is -2.57. The van der Waals surface area contributed by atoms with E-state index in [9.17, 15) is 13.9 Å². The molecule has 0 aromatic carbocycles. The van der Waals surface area contributed by atoms with E-state index in [2.05, 4.69) is 4.98 Å². The van der Waals surface area contributed by atoms with Crippen LogP contribution in [0.3, 0.4) is 0 Å². The van der Waals surface area contributed by atoms with Gasteiger partial charge in [-0.1, -0.05) is 17.7 Å². The maximum atomic E-state index is 13.2. The quantitative estimate of drug-likeness (QED) is 0.846. The molecule has 2 nitrogen and oxygen atoms in total. The zero-order chi connectivity index (χ0) is 13.2. The molecule has 1 fully saturated rings. The van der Waals surface area contributed by atoms with Gasteiger partial charge in [-0.2, -0.15) is 0 Å². The fraction of sp³-hybridized carbons (Fsp3) is 0.615. The molecule has 1 saturated carbocycles. The number of nitrogens with zero attached hydrogens (tertiary/aromatic N) is 1. The molecule has 2 atom stereocenters. The van der Waals surface area contributed by atoms with Gasteiger partial charge >= 0.3 is 0 Å². The fourth-order valence-electron chi connectivity index (χ4n) is 2.51. The standard InChI is InChI=1S/C13H16ClF2NO/c14-12-4-3-10(8-17-12)11(18)6-9-2-1-5-13(15,16)7-9/h3-4,8-9,11,18H,1-2,5-7H2. The Balaban J connectivity index is 1.94. The van der Waals surface area contributed by atoms with Gasteiger partial charge in [-0.15, -0.1) is 0 Å². The topological polar surface area (TPSA) is 33.1 Å². The maximum Gasteiger partial charge on any atom is 0.248 e. The first-order valence-corrected chi connectivity index (χ1v) is 6.51. The highest BCUT2D eigenvalue weighted by molar-refractivity contribution is 6.29. The van der Waals surface area contributed by atoms with Gasteiger partial charge in [-0.3, -0.25) is 0 Å². The Kier molecular flexibility index (Phi) is 4.17. The second kappa shape index (κ2) is 5.49. The van der Waals surface area contributed by atoms with Crippen LogP contribution in [-0.4, -0.2) is 16.0 Å². The molecule has 18 heavy (non-hydrogen) atoms. The van der Waals surface area contributed by atoms with E-state index >= 15 is 0 Å². The summed E-state index contributed by atoms with van der Waals surface area (Å²) in [7, 11) is 0. The van der Waals surface area contributed by atoms with Crippen molar-refractivity contribution in [3.8, 4) is 0 Å². The summed E-state index contributed by atoms with van der Waals surface area (Å²) in [5.41, 5.74) is 0.633. The number of hydrogen-bond donors (Lipinski definition) is 1. The molecule has 100 valence electrons. The molecule has 0 spiro atoms. The fourth-order valence-corrected chi connectivity index (χ4v) is 2.62. The number of alkyl halides is 2. The zero-order valence-electron chi connectivity index (χ0n) is 9.95. The van der Waals surface area contributed by atoms with Gasteiger partial charge in [-0.05, 0) is 36.8 Å². The van der Waals surface area contributed by atoms with Gasteiger partial charge in [0.05, 0.1) is 6.10 Å². The van der Waals surface area contributed by atoms with E-state index in [1.807, 2.05) is 0 Å². The van der Waals surface area contributed by atoms with Crippen LogP contribution >= 0.6 is 11.6 Å². The van der Waals surface area contributed by atoms with Crippen molar-refractivity contribution in [3.05, 3.63) is 29.0 Å². The number of aliphatic hydroxyl groups excluding tert-OH is 1. The molecule has 0 aliphatic heterocycles. The summed E-state index contributed by atoms with van der Waals surface area (Å²) in [5.74, 6) is -2.69. The predicted octanol–water partition coefficient (Wildman–Crippen LogP) is 3.98. The summed E-state index contributed by atoms with van der Waals surface area (Å²) in [6.45, 7) is 0. The largest absolute Gasteiger partial charge is 0.388 e. The van der Waals surface area contributed by atoms with Crippen molar-refractivity contribution in [2.24, 2.45) is 5.92 Å². The maximum absolute atomic E-state index is 13.2. The number of pyridine rings is 1. The van der Waals surface area contributed by atoms with Gasteiger partial charge in [0, 0.05) is 19.0 Å². The summed E-state index contributed by atoms with van der Waals surface area (Å²) in [6, 6.07) is 3.27. The lowest BCUT2D eigenvalue weighted by Gasteiger charge is -2.30. The smallest absolute Gasteiger partial charge is 0.248 e. The molecule has 0 bridgehead atoms. The minimum Gasteiger partial charge on any atom is -0.388 e. The van der Waals surface area contributed by atoms with Crippen LogP contribution in [0.2, 0.25) is 5.15 Å². The third-order valence-electron chi connectivity index (χ3n) is 3.43. The number of hydrogen-bond acceptors (Lipinski definition) is 2. The summed E-state index contributed by atoms with van der Waals surface area (Å²) >= 11 is 5.65. The molecule has 1 N–H and O–H groups in total. The third kappa shape index (κ3) is 3.62. The van der Waals surface area contributed by atoms with E-state index in [4.69, 9.17) is 11.6 Å². The number of aromatic nitrogens is 1. The summed E-state index contributed by atoms with van der Waals surface area (Å²) in [4.78, 5) is 3.88. The first-order valence-electron chi connectivity index (χ1n) is 6.14. The van der Waals surface area contributed by atoms with E-state index in [1.54, 1.807) is 12.1 Å². The molecular formula is C13H16ClF2NO. The van der Waals surface area contributed by atoms with Gasteiger partial charge in [0.2, 0.25) is 5.92 Å². The average molecular weight is 276 g/mol. The van der Waals surface area contributed by atoms with E-state index < -0.39 is 12.0 Å². The average Bonchev–Trinajstić information content (AvgIpc) is 2.28. The van der Waals surface area contributed by atoms with Gasteiger partial charge < -0.3 is 5.11 Å². The highest BCUT2D eigenvalue weighted by Crippen LogP contribution is 2.40. The van der Waals surface area contributed by atoms with Crippen LogP contribution in [0.5, 0.6) is 0 Å². The molecule has 0 amide bonds. The van der Waals surface area contributed by atoms with Crippen LogP contribution in [0.15, 0.2) is 18.3 Å². The van der Waals surface area contributed by atoms with Crippen LogP contribution < -0.4 is 0 Å². The van der Waals surface area contributed by atoms with E-state index in [0.717, 1.165) is 6.42 Å². The Morgan fingerprint density at radius 1 is 1.50 bits per heavy atom. The van der Waals surface area contributed by atoms with Crippen molar-refractivity contribution in [1.29, 1.82) is 0 Å². The molecule has 2 rings (SSSR count). The molecule has 0 saturated heterocycles. The van der Waals surface area contributed by atoms with E-state index in [1.165, 1.54) is 6.20 Å². The van der Waals surface area contributed by atoms with Crippen molar-refractivity contribution in [3.63, 3.8) is 0 Å². The third-order valence-corrected chi connectivity index (χ3v) is 3.66. The van der Waals surface area contributed by atoms with Gasteiger partial charge in [0.1, 0.15) is 5.15 Å². The minimum absolute atomic E-state index is 0.0257. The Morgan fingerprint density at radius 2 is 2.28 bits per heavy atom. The van der Waals surface area contributed by atoms with Crippen LogP contribution in [0.4, 0.5) is 8.78 Å². The van der Waals surface area contributed by atoms with Gasteiger partial charge in [-0.25, -0.2) is 13.8 Å². The summed E-state index contributed by atoms with van der Waals surface area (Å²) in [6.07, 6.45) is 2.26. The normalized spacial score (nSPS) is 24.8. The molecule has 1 aliphatic rings. The van der Waals surface area contributed by atoms with Gasteiger partial charge in [0.15, 0.2) is 0 Å². The molecule has 1 heterocycles. The van der Waals surface area contributed by atoms with Crippen LogP contribution in [0.25, 0.3) is 0 Å². The molecular weight excluding hydrogens is 260 g/mol. The number of halogens is 3. The van der Waals surface area contributed by atoms with Crippen LogP contribution in [-0.2, 0) is 0 Å². The molecule has 1 aromatic rings. The second-order valence-corrected chi connectivity index (χ2v) is 5.37. The first-order chi connectivity index (χ1) is 8.46. The van der Waals surface area contributed by atoms with E-state index in [-0.39, 0.29) is 18.8 Å². The van der Waals surface area contributed by atoms with Crippen molar-refractivity contribution < 1.29 is 13.9 Å². The lowest BCUT2D eigenvalue weighted by Crippen LogP contribution is -2.27. The Labute approximate surface area is 110 Å². The molecule has 5 heteroatoms. The molecule has 1 aromatic heterocycles. The Hall–Kier alpha value is -0.740. The zero-order valence-corrected chi connectivity index (χ0v) is 10.7. The number of aliphatic hydroxyl groups is 1. The molecule has 2 unspecified atom stereocenters. The highest BCUT2D eigenvalue weighted by Gasteiger charge is 2.36. The summed E-state index contributed by atoms with van der Waals surface area (Å²) < 4.78 is 26.5. The van der Waals surface area contributed by atoms with Crippen molar-refractivity contribution in [1.82, 2.24) is 4.98 Å². The predicted molar refractivity (Wildman–Crippen MR) is 65.7 cm³/mol. The second-order valence-electron chi connectivity index (χ2n) is 4.98. The Morgan fingerprint density at radius 3 is 2.89 bits per heavy atom. The van der Waals surface area contributed by atoms with Crippen molar-refractivity contribution in [2.45, 2.75) is 44.1 Å². The van der Waals surface area contributed by atoms with Crippen molar-refractivity contribution >= 4 is 11.6 Å². The summed E-state index contributed by atoms with van der Waals surface area (Å²) in [5, 5.41) is 10.4. The lowest BCUT2D eigenvalue weighted by atomic mass is 9.82. The molecule has 0 radical (unpaired) electrons. The van der Waals surface area contributed by atoms with Crippen LogP contribution in [0.1, 0.15) is 43.8 Å². The monoisotopic (exact) mass is 275 g/mol. The SMILES string of the molecule is OC(CC1CCCC(F)(F)C1)c1ccc(Cl)nc1. The number of rotatable bonds is 3. The van der Waals surface area contributed by atoms with Gasteiger partial charge in [0.25, 0.3) is 0 Å². The van der Waals surface area contributed by atoms with Crippen LogP contribution in [0, 0.1) is 5.92 Å². The van der Waals surface area contributed by atoms with E-state index in [0.29, 0.717) is 23.6 Å².